The van der Waals surface area contributed by atoms with Crippen LogP contribution in [-0.2, 0) is 6.54 Å². The van der Waals surface area contributed by atoms with Crippen LogP contribution in [0.2, 0.25) is 0 Å². The van der Waals surface area contributed by atoms with Gasteiger partial charge in [-0.3, -0.25) is 0 Å². The number of pyridine rings is 1. The molecule has 2 rings (SSSR count). The number of aromatic nitrogens is 1. The summed E-state index contributed by atoms with van der Waals surface area (Å²) >= 11 is 0. The second kappa shape index (κ2) is 5.30. The van der Waals surface area contributed by atoms with E-state index >= 15 is 0 Å². The second-order valence-electron chi connectivity index (χ2n) is 4.50. The monoisotopic (exact) mass is 219 g/mol. The lowest BCUT2D eigenvalue weighted by Crippen LogP contribution is -2.28. The first-order valence-corrected chi connectivity index (χ1v) is 6.18. The van der Waals surface area contributed by atoms with E-state index in [0.29, 0.717) is 0 Å². The first kappa shape index (κ1) is 11.4. The van der Waals surface area contributed by atoms with Crippen LogP contribution in [0.1, 0.15) is 25.3 Å². The first-order valence-electron chi connectivity index (χ1n) is 6.18. The number of nitrogens with one attached hydrogen (secondary N) is 1. The van der Waals surface area contributed by atoms with Crippen molar-refractivity contribution in [2.75, 3.05) is 25.0 Å². The smallest absolute Gasteiger partial charge is 0.133 e. The highest BCUT2D eigenvalue weighted by atomic mass is 15.2. The van der Waals surface area contributed by atoms with Crippen LogP contribution in [0.4, 0.5) is 5.82 Å². The van der Waals surface area contributed by atoms with E-state index in [4.69, 9.17) is 0 Å². The van der Waals surface area contributed by atoms with E-state index in [-0.39, 0.29) is 0 Å². The molecule has 1 heterocycles. The SMILES string of the molecule is CCN(CC1CC1)c1ncccc1CNC. The lowest BCUT2D eigenvalue weighted by atomic mass is 10.2. The van der Waals surface area contributed by atoms with Crippen molar-refractivity contribution in [2.45, 2.75) is 26.3 Å². The van der Waals surface area contributed by atoms with E-state index in [1.807, 2.05) is 19.3 Å². The van der Waals surface area contributed by atoms with Gasteiger partial charge in [0, 0.05) is 31.4 Å². The van der Waals surface area contributed by atoms with Crippen LogP contribution >= 0.6 is 0 Å². The molecule has 0 saturated heterocycles. The van der Waals surface area contributed by atoms with E-state index in [9.17, 15) is 0 Å². The predicted octanol–water partition coefficient (Wildman–Crippen LogP) is 2.04. The maximum atomic E-state index is 4.54. The normalized spacial score (nSPS) is 15.1. The Morgan fingerprint density at radius 1 is 1.50 bits per heavy atom. The van der Waals surface area contributed by atoms with Crippen LogP contribution in [0, 0.1) is 5.92 Å². The summed E-state index contributed by atoms with van der Waals surface area (Å²) in [5, 5.41) is 3.21. The van der Waals surface area contributed by atoms with Gasteiger partial charge in [0.15, 0.2) is 0 Å². The molecule has 1 aliphatic carbocycles. The summed E-state index contributed by atoms with van der Waals surface area (Å²) in [5.41, 5.74) is 1.30. The van der Waals surface area contributed by atoms with Crippen molar-refractivity contribution in [3.05, 3.63) is 23.9 Å². The van der Waals surface area contributed by atoms with Crippen LogP contribution < -0.4 is 10.2 Å². The topological polar surface area (TPSA) is 28.2 Å². The van der Waals surface area contributed by atoms with E-state index in [0.717, 1.165) is 24.8 Å². The molecule has 0 amide bonds. The largest absolute Gasteiger partial charge is 0.356 e. The summed E-state index contributed by atoms with van der Waals surface area (Å²) in [7, 11) is 1.98. The molecule has 0 spiro atoms. The summed E-state index contributed by atoms with van der Waals surface area (Å²) < 4.78 is 0. The van der Waals surface area contributed by atoms with Crippen LogP contribution in [0.15, 0.2) is 18.3 Å². The van der Waals surface area contributed by atoms with Gasteiger partial charge >= 0.3 is 0 Å². The van der Waals surface area contributed by atoms with E-state index in [1.165, 1.54) is 24.9 Å². The minimum atomic E-state index is 0.893. The lowest BCUT2D eigenvalue weighted by molar-refractivity contribution is 0.718. The van der Waals surface area contributed by atoms with Gasteiger partial charge in [-0.15, -0.1) is 0 Å². The fraction of sp³-hybridized carbons (Fsp3) is 0.615. The number of hydrogen-bond acceptors (Lipinski definition) is 3. The van der Waals surface area contributed by atoms with Crippen LogP contribution in [0.3, 0.4) is 0 Å². The second-order valence-corrected chi connectivity index (χ2v) is 4.50. The molecule has 0 bridgehead atoms. The van der Waals surface area contributed by atoms with E-state index in [2.05, 4.69) is 28.2 Å². The van der Waals surface area contributed by atoms with Crippen LogP contribution in [-0.4, -0.2) is 25.1 Å². The molecular formula is C13H21N3. The molecule has 1 aromatic heterocycles. The molecular weight excluding hydrogens is 198 g/mol. The summed E-state index contributed by atoms with van der Waals surface area (Å²) in [5.74, 6) is 2.07. The number of rotatable bonds is 6. The third-order valence-electron chi connectivity index (χ3n) is 3.09. The summed E-state index contributed by atoms with van der Waals surface area (Å²) in [6.45, 7) is 5.32. The quantitative estimate of drug-likeness (QED) is 0.793. The van der Waals surface area contributed by atoms with Crippen LogP contribution in [0.25, 0.3) is 0 Å². The molecule has 0 unspecified atom stereocenters. The molecule has 1 aromatic rings. The van der Waals surface area contributed by atoms with Crippen molar-refractivity contribution in [1.29, 1.82) is 0 Å². The zero-order chi connectivity index (χ0) is 11.4. The van der Waals surface area contributed by atoms with Gasteiger partial charge in [-0.1, -0.05) is 6.07 Å². The van der Waals surface area contributed by atoms with Gasteiger partial charge in [0.05, 0.1) is 0 Å². The summed E-state index contributed by atoms with van der Waals surface area (Å²) in [6, 6.07) is 4.18. The Kier molecular flexibility index (Phi) is 3.78. The Hall–Kier alpha value is -1.09. The van der Waals surface area contributed by atoms with E-state index < -0.39 is 0 Å². The fourth-order valence-corrected chi connectivity index (χ4v) is 2.02. The molecule has 0 aromatic carbocycles. The Morgan fingerprint density at radius 3 is 2.94 bits per heavy atom. The third-order valence-corrected chi connectivity index (χ3v) is 3.09. The molecule has 3 nitrogen and oxygen atoms in total. The fourth-order valence-electron chi connectivity index (χ4n) is 2.02. The molecule has 1 aliphatic rings. The first-order chi connectivity index (χ1) is 7.85. The molecule has 1 fully saturated rings. The lowest BCUT2D eigenvalue weighted by Gasteiger charge is -2.24. The minimum Gasteiger partial charge on any atom is -0.356 e. The molecule has 0 radical (unpaired) electrons. The molecule has 16 heavy (non-hydrogen) atoms. The number of hydrogen-bond donors (Lipinski definition) is 1. The molecule has 0 atom stereocenters. The molecule has 1 saturated carbocycles. The highest BCUT2D eigenvalue weighted by Crippen LogP contribution is 2.31. The maximum absolute atomic E-state index is 4.54. The van der Waals surface area contributed by atoms with Gasteiger partial charge < -0.3 is 10.2 Å². The minimum absolute atomic E-state index is 0.893. The summed E-state index contributed by atoms with van der Waals surface area (Å²) in [4.78, 5) is 6.94. The van der Waals surface area contributed by atoms with Crippen LogP contribution in [0.5, 0.6) is 0 Å². The average Bonchev–Trinajstić information content (AvgIpc) is 3.11. The highest BCUT2D eigenvalue weighted by molar-refractivity contribution is 5.46. The van der Waals surface area contributed by atoms with Gasteiger partial charge in [0.25, 0.3) is 0 Å². The number of nitrogens with zero attached hydrogens (tertiary/aromatic N) is 2. The van der Waals surface area contributed by atoms with Gasteiger partial charge in [0.1, 0.15) is 5.82 Å². The Balaban J connectivity index is 2.14. The van der Waals surface area contributed by atoms with Gasteiger partial charge in [-0.2, -0.15) is 0 Å². The Labute approximate surface area is 97.9 Å². The van der Waals surface area contributed by atoms with Gasteiger partial charge in [-0.25, -0.2) is 4.98 Å². The standard InChI is InChI=1S/C13H21N3/c1-3-16(10-11-6-7-11)13-12(9-14-2)5-4-8-15-13/h4-5,8,11,14H,3,6-7,9-10H2,1-2H3. The van der Waals surface area contributed by atoms with Gasteiger partial charge in [-0.05, 0) is 38.8 Å². The maximum Gasteiger partial charge on any atom is 0.133 e. The zero-order valence-electron chi connectivity index (χ0n) is 10.2. The average molecular weight is 219 g/mol. The van der Waals surface area contributed by atoms with E-state index in [1.54, 1.807) is 0 Å². The van der Waals surface area contributed by atoms with Crippen molar-refractivity contribution in [3.8, 4) is 0 Å². The van der Waals surface area contributed by atoms with Crippen molar-refractivity contribution in [2.24, 2.45) is 5.92 Å². The Morgan fingerprint density at radius 2 is 2.31 bits per heavy atom. The summed E-state index contributed by atoms with van der Waals surface area (Å²) in [6.07, 6.45) is 4.68. The van der Waals surface area contributed by atoms with Crippen molar-refractivity contribution in [1.82, 2.24) is 10.3 Å². The highest BCUT2D eigenvalue weighted by Gasteiger charge is 2.25. The number of anilines is 1. The van der Waals surface area contributed by atoms with Gasteiger partial charge in [0.2, 0.25) is 0 Å². The molecule has 3 heteroatoms. The Bertz CT molecular complexity index is 334. The van der Waals surface area contributed by atoms with Crippen molar-refractivity contribution >= 4 is 5.82 Å². The third kappa shape index (κ3) is 2.73. The molecule has 0 aliphatic heterocycles. The predicted molar refractivity (Wildman–Crippen MR) is 67.6 cm³/mol. The molecule has 1 N–H and O–H groups in total. The van der Waals surface area contributed by atoms with Crippen molar-refractivity contribution in [3.63, 3.8) is 0 Å². The van der Waals surface area contributed by atoms with Crippen molar-refractivity contribution < 1.29 is 0 Å². The zero-order valence-corrected chi connectivity index (χ0v) is 10.2. The molecule has 88 valence electrons.